The van der Waals surface area contributed by atoms with Crippen LogP contribution in [0.3, 0.4) is 0 Å². The molecular weight excluding hydrogens is 345 g/mol. The largest absolute Gasteiger partial charge is 0.478 e. The zero-order valence-corrected chi connectivity index (χ0v) is 10.8. The fourth-order valence-electron chi connectivity index (χ4n) is 0.894. The van der Waals surface area contributed by atoms with Gasteiger partial charge in [0.15, 0.2) is 0 Å². The van der Waals surface area contributed by atoms with Crippen molar-refractivity contribution in [2.24, 2.45) is 0 Å². The van der Waals surface area contributed by atoms with Crippen LogP contribution in [0.2, 0.25) is 0 Å². The maximum Gasteiger partial charge on any atom is 0.214 e. The van der Waals surface area contributed by atoms with Crippen LogP contribution in [0.15, 0.2) is 22.7 Å². The molecule has 0 aromatic heterocycles. The molecule has 0 spiro atoms. The highest BCUT2D eigenvalue weighted by atomic mass is 127. The summed E-state index contributed by atoms with van der Waals surface area (Å²) in [5, 5.41) is 7.62. The minimum absolute atomic E-state index is 0.230. The van der Waals surface area contributed by atoms with Crippen LogP contribution < -0.4 is 0 Å². The zero-order chi connectivity index (χ0) is 9.84. The van der Waals surface area contributed by atoms with Crippen LogP contribution in [-0.2, 0) is 4.74 Å². The lowest BCUT2D eigenvalue weighted by Crippen LogP contribution is -2.06. The molecule has 1 aromatic rings. The van der Waals surface area contributed by atoms with E-state index in [9.17, 15) is 0 Å². The molecule has 0 unspecified atom stereocenters. The molecule has 1 N–H and O–H groups in total. The summed E-state index contributed by atoms with van der Waals surface area (Å²) in [5.74, 6) is 0.230. The summed E-state index contributed by atoms with van der Waals surface area (Å²) < 4.78 is 7.11. The summed E-state index contributed by atoms with van der Waals surface area (Å²) in [6.45, 7) is 2.40. The SMILES string of the molecule is CCOC(=N)c1cc(Br)ccc1I. The Labute approximate surface area is 99.5 Å². The molecule has 0 fully saturated rings. The van der Waals surface area contributed by atoms with Gasteiger partial charge in [0.2, 0.25) is 5.90 Å². The molecule has 1 aromatic carbocycles. The average Bonchev–Trinajstić information content (AvgIpc) is 2.09. The van der Waals surface area contributed by atoms with Crippen molar-refractivity contribution in [3.8, 4) is 0 Å². The van der Waals surface area contributed by atoms with Crippen LogP contribution in [0.5, 0.6) is 0 Å². The van der Waals surface area contributed by atoms with Gasteiger partial charge in [-0.2, -0.15) is 0 Å². The van der Waals surface area contributed by atoms with Crippen LogP contribution in [0, 0.1) is 8.98 Å². The molecule has 0 saturated carbocycles. The quantitative estimate of drug-likeness (QED) is 0.493. The standard InChI is InChI=1S/C9H9BrINO/c1-2-13-9(12)7-5-6(10)3-4-8(7)11/h3-5,12H,2H2,1H3. The van der Waals surface area contributed by atoms with E-state index in [-0.39, 0.29) is 5.90 Å². The molecule has 0 bridgehead atoms. The monoisotopic (exact) mass is 353 g/mol. The molecule has 0 aliphatic carbocycles. The lowest BCUT2D eigenvalue weighted by Gasteiger charge is -2.07. The lowest BCUT2D eigenvalue weighted by molar-refractivity contribution is 0.325. The Morgan fingerprint density at radius 1 is 1.62 bits per heavy atom. The number of halogens is 2. The molecule has 0 saturated heterocycles. The molecule has 0 aliphatic heterocycles. The molecule has 0 radical (unpaired) electrons. The topological polar surface area (TPSA) is 33.1 Å². The summed E-state index contributed by atoms with van der Waals surface area (Å²) in [4.78, 5) is 0. The molecule has 0 amide bonds. The minimum Gasteiger partial charge on any atom is -0.478 e. The number of ether oxygens (including phenoxy) is 1. The van der Waals surface area contributed by atoms with Crippen LogP contribution in [0.1, 0.15) is 12.5 Å². The van der Waals surface area contributed by atoms with Crippen LogP contribution >= 0.6 is 38.5 Å². The zero-order valence-electron chi connectivity index (χ0n) is 7.10. The highest BCUT2D eigenvalue weighted by Gasteiger charge is 2.06. The van der Waals surface area contributed by atoms with Gasteiger partial charge in [0, 0.05) is 8.04 Å². The number of hydrogen-bond acceptors (Lipinski definition) is 2. The van der Waals surface area contributed by atoms with Crippen molar-refractivity contribution in [3.63, 3.8) is 0 Å². The van der Waals surface area contributed by atoms with Crippen LogP contribution in [0.25, 0.3) is 0 Å². The number of rotatable bonds is 2. The van der Waals surface area contributed by atoms with E-state index in [1.165, 1.54) is 0 Å². The van der Waals surface area contributed by atoms with E-state index in [2.05, 4.69) is 38.5 Å². The maximum atomic E-state index is 7.62. The fraction of sp³-hybridized carbons (Fsp3) is 0.222. The van der Waals surface area contributed by atoms with Crippen molar-refractivity contribution in [1.29, 1.82) is 5.41 Å². The molecular formula is C9H9BrINO. The van der Waals surface area contributed by atoms with Gasteiger partial charge in [0.1, 0.15) is 0 Å². The Kier molecular flexibility index (Phi) is 4.18. The lowest BCUT2D eigenvalue weighted by atomic mass is 10.2. The van der Waals surface area contributed by atoms with E-state index in [0.717, 1.165) is 13.6 Å². The Morgan fingerprint density at radius 2 is 2.31 bits per heavy atom. The highest BCUT2D eigenvalue weighted by Crippen LogP contribution is 2.19. The molecule has 13 heavy (non-hydrogen) atoms. The molecule has 4 heteroatoms. The Bertz CT molecular complexity index is 327. The van der Waals surface area contributed by atoms with Gasteiger partial charge in [-0.15, -0.1) is 0 Å². The van der Waals surface area contributed by atoms with Crippen molar-refractivity contribution in [2.45, 2.75) is 6.92 Å². The van der Waals surface area contributed by atoms with Gasteiger partial charge >= 0.3 is 0 Å². The molecule has 0 heterocycles. The molecule has 70 valence electrons. The number of hydrogen-bond donors (Lipinski definition) is 1. The fourth-order valence-corrected chi connectivity index (χ4v) is 1.84. The van der Waals surface area contributed by atoms with Crippen molar-refractivity contribution >= 4 is 44.4 Å². The normalized spacial score (nSPS) is 9.77. The van der Waals surface area contributed by atoms with Crippen molar-refractivity contribution < 1.29 is 4.74 Å². The first kappa shape index (κ1) is 11.0. The summed E-state index contributed by atoms with van der Waals surface area (Å²) in [6.07, 6.45) is 0. The van der Waals surface area contributed by atoms with Gasteiger partial charge in [0.05, 0.1) is 12.2 Å². The second-order valence-corrected chi connectivity index (χ2v) is 4.46. The molecule has 0 aliphatic rings. The second-order valence-electron chi connectivity index (χ2n) is 2.39. The van der Waals surface area contributed by atoms with E-state index < -0.39 is 0 Å². The van der Waals surface area contributed by atoms with Crippen molar-refractivity contribution in [2.75, 3.05) is 6.61 Å². The highest BCUT2D eigenvalue weighted by molar-refractivity contribution is 14.1. The van der Waals surface area contributed by atoms with Crippen LogP contribution in [-0.4, -0.2) is 12.5 Å². The maximum absolute atomic E-state index is 7.62. The predicted molar refractivity (Wildman–Crippen MR) is 65.3 cm³/mol. The van der Waals surface area contributed by atoms with Gasteiger partial charge in [-0.3, -0.25) is 5.41 Å². The van der Waals surface area contributed by atoms with Gasteiger partial charge in [-0.25, -0.2) is 0 Å². The molecule has 2 nitrogen and oxygen atoms in total. The Morgan fingerprint density at radius 3 is 2.92 bits per heavy atom. The summed E-state index contributed by atoms with van der Waals surface area (Å²) in [7, 11) is 0. The molecule has 0 atom stereocenters. The summed E-state index contributed by atoms with van der Waals surface area (Å²) in [6, 6.07) is 5.79. The first-order valence-electron chi connectivity index (χ1n) is 3.82. The van der Waals surface area contributed by atoms with Crippen LogP contribution in [0.4, 0.5) is 0 Å². The van der Waals surface area contributed by atoms with E-state index in [1.807, 2.05) is 25.1 Å². The smallest absolute Gasteiger partial charge is 0.214 e. The predicted octanol–water partition coefficient (Wildman–Crippen LogP) is 3.42. The van der Waals surface area contributed by atoms with E-state index >= 15 is 0 Å². The van der Waals surface area contributed by atoms with Gasteiger partial charge < -0.3 is 4.74 Å². The first-order valence-corrected chi connectivity index (χ1v) is 5.69. The second kappa shape index (κ2) is 4.95. The van der Waals surface area contributed by atoms with E-state index in [4.69, 9.17) is 10.1 Å². The minimum atomic E-state index is 0.230. The molecule has 1 rings (SSSR count). The Hall–Kier alpha value is -0.100. The van der Waals surface area contributed by atoms with Crippen molar-refractivity contribution in [3.05, 3.63) is 31.8 Å². The van der Waals surface area contributed by atoms with E-state index in [0.29, 0.717) is 6.61 Å². The number of benzene rings is 1. The average molecular weight is 354 g/mol. The van der Waals surface area contributed by atoms with Crippen molar-refractivity contribution in [1.82, 2.24) is 0 Å². The van der Waals surface area contributed by atoms with E-state index in [1.54, 1.807) is 0 Å². The third kappa shape index (κ3) is 2.95. The summed E-state index contributed by atoms with van der Waals surface area (Å²) >= 11 is 5.55. The third-order valence-corrected chi connectivity index (χ3v) is 2.90. The van der Waals surface area contributed by atoms with Gasteiger partial charge in [-0.05, 0) is 47.7 Å². The van der Waals surface area contributed by atoms with Gasteiger partial charge in [-0.1, -0.05) is 15.9 Å². The Balaban J connectivity index is 2.99. The third-order valence-electron chi connectivity index (χ3n) is 1.46. The summed E-state index contributed by atoms with van der Waals surface area (Å²) in [5.41, 5.74) is 0.830. The van der Waals surface area contributed by atoms with Gasteiger partial charge in [0.25, 0.3) is 0 Å². The number of nitrogens with one attached hydrogen (secondary N) is 1. The first-order chi connectivity index (χ1) is 6.15.